The van der Waals surface area contributed by atoms with E-state index in [1.54, 1.807) is 0 Å². The van der Waals surface area contributed by atoms with Gasteiger partial charge in [0.2, 0.25) is 5.16 Å². The zero-order chi connectivity index (χ0) is 24.4. The Hall–Kier alpha value is -2.00. The number of rotatable bonds is 8. The highest BCUT2D eigenvalue weighted by Crippen LogP contribution is 2.34. The number of sulfone groups is 1. The Bertz CT molecular complexity index is 1150. The van der Waals surface area contributed by atoms with Gasteiger partial charge in [0, 0.05) is 43.4 Å². The molecule has 1 saturated heterocycles. The van der Waals surface area contributed by atoms with E-state index in [9.17, 15) is 30.4 Å². The fourth-order valence-electron chi connectivity index (χ4n) is 3.21. The third-order valence-electron chi connectivity index (χ3n) is 4.81. The first-order valence-electron chi connectivity index (χ1n) is 9.39. The number of ether oxygens (including phenoxy) is 2. The van der Waals surface area contributed by atoms with E-state index in [0.29, 0.717) is 18.4 Å². The van der Waals surface area contributed by atoms with Crippen molar-refractivity contribution in [3.05, 3.63) is 35.0 Å². The average Bonchev–Trinajstić information content (AvgIpc) is 3.24. The Balaban J connectivity index is 1.83. The predicted molar refractivity (Wildman–Crippen MR) is 111 cm³/mol. The van der Waals surface area contributed by atoms with Gasteiger partial charge in [-0.3, -0.25) is 4.21 Å². The molecule has 182 valence electrons. The lowest BCUT2D eigenvalue weighted by Gasteiger charge is -2.20. The van der Waals surface area contributed by atoms with Crippen LogP contribution in [0.25, 0.3) is 0 Å². The quantitative estimate of drug-likeness (QED) is 0.289. The summed E-state index contributed by atoms with van der Waals surface area (Å²) in [4.78, 5) is 7.77. The molecule has 1 aliphatic heterocycles. The summed E-state index contributed by atoms with van der Waals surface area (Å²) in [6.07, 6.45) is -4.83. The van der Waals surface area contributed by atoms with E-state index >= 15 is 0 Å². The third-order valence-corrected chi connectivity index (χ3v) is 7.94. The topological polar surface area (TPSA) is 122 Å². The number of aromatic nitrogens is 2. The Morgan fingerprint density at radius 1 is 1.27 bits per heavy atom. The first kappa shape index (κ1) is 25.6. The molecule has 1 unspecified atom stereocenters. The van der Waals surface area contributed by atoms with E-state index in [2.05, 4.69) is 9.97 Å². The summed E-state index contributed by atoms with van der Waals surface area (Å²) < 4.78 is 98.2. The van der Waals surface area contributed by atoms with Gasteiger partial charge in [-0.15, -0.1) is 0 Å². The Morgan fingerprint density at radius 3 is 2.61 bits per heavy atom. The highest BCUT2D eigenvalue weighted by molar-refractivity contribution is 7.92. The van der Waals surface area contributed by atoms with Crippen molar-refractivity contribution in [3.63, 3.8) is 0 Å². The molecule has 1 aromatic heterocycles. The van der Waals surface area contributed by atoms with Crippen LogP contribution in [0.5, 0.6) is 5.75 Å². The minimum absolute atomic E-state index is 0.0406. The van der Waals surface area contributed by atoms with Crippen molar-refractivity contribution in [3.8, 4) is 5.75 Å². The van der Waals surface area contributed by atoms with E-state index < -0.39 is 43.2 Å². The molecule has 0 aliphatic carbocycles. The van der Waals surface area contributed by atoms with E-state index in [-0.39, 0.29) is 41.9 Å². The molecule has 0 N–H and O–H groups in total. The lowest BCUT2D eigenvalue weighted by molar-refractivity contribution is -0.141. The molecule has 1 aliphatic rings. The molecular formula is C18H18ClF3N3O6S2-. The number of methoxy groups -OCH3 is 1. The summed E-state index contributed by atoms with van der Waals surface area (Å²) in [5.41, 5.74) is -1.44. The Morgan fingerprint density at radius 2 is 2.00 bits per heavy atom. The first-order valence-corrected chi connectivity index (χ1v) is 12.4. The van der Waals surface area contributed by atoms with Crippen LogP contribution in [0.4, 0.5) is 19.0 Å². The van der Waals surface area contributed by atoms with Crippen molar-refractivity contribution in [2.45, 2.75) is 27.9 Å². The van der Waals surface area contributed by atoms with Crippen molar-refractivity contribution in [1.29, 1.82) is 0 Å². The molecular weight excluding hydrogens is 511 g/mol. The van der Waals surface area contributed by atoms with Gasteiger partial charge < -0.3 is 18.9 Å². The van der Waals surface area contributed by atoms with Gasteiger partial charge in [-0.05, 0) is 18.6 Å². The molecule has 1 fully saturated rings. The molecule has 3 rings (SSSR count). The Kier molecular flexibility index (Phi) is 7.84. The molecule has 2 aromatic rings. The van der Waals surface area contributed by atoms with Crippen molar-refractivity contribution < 1.29 is 39.8 Å². The van der Waals surface area contributed by atoms with Gasteiger partial charge >= 0.3 is 6.18 Å². The number of hydrogen-bond donors (Lipinski definition) is 0. The summed E-state index contributed by atoms with van der Waals surface area (Å²) in [7, 11) is -2.46. The van der Waals surface area contributed by atoms with Crippen LogP contribution < -0.4 is 9.64 Å². The standard InChI is InChI=1S/C18H19ClF3N3O6S2/c1-30-6-7-31-11-2-3-14(13(19)8-11)33(28,29)12-4-5-25(10-12)16-9-15(18(20,21)22)23-17(24-16)32(26)27/h2-3,8-9,12H,4-7,10H2,1H3,(H,26,27)/p-1/t12-/m0/s1. The van der Waals surface area contributed by atoms with Crippen LogP contribution >= 0.6 is 11.6 Å². The van der Waals surface area contributed by atoms with Crippen LogP contribution in [0.2, 0.25) is 5.02 Å². The average molecular weight is 529 g/mol. The second-order valence-electron chi connectivity index (χ2n) is 6.96. The van der Waals surface area contributed by atoms with Crippen LogP contribution in [0, 0.1) is 0 Å². The molecule has 1 aromatic carbocycles. The largest absolute Gasteiger partial charge is 0.766 e. The van der Waals surface area contributed by atoms with Gasteiger partial charge in [-0.1, -0.05) is 11.6 Å². The van der Waals surface area contributed by atoms with Crippen LogP contribution in [0.3, 0.4) is 0 Å². The molecule has 0 amide bonds. The second-order valence-corrected chi connectivity index (χ2v) is 10.4. The normalized spacial score (nSPS) is 17.9. The number of nitrogens with zero attached hydrogens (tertiary/aromatic N) is 3. The SMILES string of the molecule is COCCOc1ccc(S(=O)(=O)[C@H]2CCN(c3cc(C(F)(F)F)nc(S(=O)[O-])n3)C2)c(Cl)c1. The van der Waals surface area contributed by atoms with Crippen molar-refractivity contribution >= 4 is 38.3 Å². The van der Waals surface area contributed by atoms with E-state index in [1.807, 2.05) is 0 Å². The summed E-state index contributed by atoms with van der Waals surface area (Å²) in [5, 5.41) is -2.09. The van der Waals surface area contributed by atoms with Crippen LogP contribution in [0.1, 0.15) is 12.1 Å². The number of hydrogen-bond acceptors (Lipinski definition) is 9. The highest BCUT2D eigenvalue weighted by atomic mass is 35.5. The molecule has 0 bridgehead atoms. The van der Waals surface area contributed by atoms with Crippen molar-refractivity contribution in [2.75, 3.05) is 38.3 Å². The van der Waals surface area contributed by atoms with Crippen LogP contribution in [0.15, 0.2) is 34.3 Å². The molecule has 15 heteroatoms. The van der Waals surface area contributed by atoms with E-state index in [0.717, 1.165) is 0 Å². The zero-order valence-electron chi connectivity index (χ0n) is 17.0. The summed E-state index contributed by atoms with van der Waals surface area (Å²) >= 11 is 3.06. The smallest absolute Gasteiger partial charge is 0.433 e. The van der Waals surface area contributed by atoms with Crippen LogP contribution in [-0.4, -0.2) is 65.8 Å². The van der Waals surface area contributed by atoms with Gasteiger partial charge in [0.1, 0.15) is 18.2 Å². The number of benzene rings is 1. The summed E-state index contributed by atoms with van der Waals surface area (Å²) in [5.74, 6) is 0.0186. The van der Waals surface area contributed by atoms with Gasteiger partial charge in [0.15, 0.2) is 15.5 Å². The third kappa shape index (κ3) is 5.93. The zero-order valence-corrected chi connectivity index (χ0v) is 19.4. The molecule has 9 nitrogen and oxygen atoms in total. The first-order chi connectivity index (χ1) is 15.4. The predicted octanol–water partition coefficient (Wildman–Crippen LogP) is 2.46. The molecule has 2 atom stereocenters. The number of alkyl halides is 3. The van der Waals surface area contributed by atoms with Gasteiger partial charge in [-0.2, -0.15) is 13.2 Å². The molecule has 2 heterocycles. The van der Waals surface area contributed by atoms with E-state index in [1.165, 1.54) is 30.2 Å². The summed E-state index contributed by atoms with van der Waals surface area (Å²) in [6.45, 7) is 0.408. The molecule has 0 radical (unpaired) electrons. The number of anilines is 1. The monoisotopic (exact) mass is 528 g/mol. The van der Waals surface area contributed by atoms with Crippen LogP contribution in [-0.2, 0) is 31.8 Å². The lowest BCUT2D eigenvalue weighted by Crippen LogP contribution is -2.28. The fourth-order valence-corrected chi connectivity index (χ4v) is 5.78. The molecule has 0 spiro atoms. The minimum Gasteiger partial charge on any atom is -0.766 e. The molecule has 33 heavy (non-hydrogen) atoms. The number of halogens is 4. The maximum Gasteiger partial charge on any atom is 0.433 e. The van der Waals surface area contributed by atoms with Gasteiger partial charge in [-0.25, -0.2) is 18.4 Å². The highest BCUT2D eigenvalue weighted by Gasteiger charge is 2.38. The minimum atomic E-state index is -4.91. The fraction of sp³-hybridized carbons (Fsp3) is 0.444. The lowest BCUT2D eigenvalue weighted by atomic mass is 10.3. The van der Waals surface area contributed by atoms with Gasteiger partial charge in [0.05, 0.1) is 21.8 Å². The Labute approximate surface area is 195 Å². The van der Waals surface area contributed by atoms with E-state index in [4.69, 9.17) is 21.1 Å². The van der Waals surface area contributed by atoms with Crippen molar-refractivity contribution in [1.82, 2.24) is 9.97 Å². The maximum absolute atomic E-state index is 13.1. The van der Waals surface area contributed by atoms with Gasteiger partial charge in [0.25, 0.3) is 0 Å². The van der Waals surface area contributed by atoms with Crippen molar-refractivity contribution in [2.24, 2.45) is 0 Å². The molecule has 0 saturated carbocycles. The summed E-state index contributed by atoms with van der Waals surface area (Å²) in [6, 6.07) is 4.68. The second kappa shape index (κ2) is 10.1. The maximum atomic E-state index is 13.1.